The summed E-state index contributed by atoms with van der Waals surface area (Å²) in [6, 6.07) is 0.292. The zero-order valence-corrected chi connectivity index (χ0v) is 8.99. The molecule has 0 aliphatic carbocycles. The summed E-state index contributed by atoms with van der Waals surface area (Å²) in [6.07, 6.45) is 2.28. The molecule has 0 spiro atoms. The topological polar surface area (TPSA) is 69.6 Å². The zero-order chi connectivity index (χ0) is 11.0. The largest absolute Gasteiger partial charge is 0.481 e. The Hall–Kier alpha value is -0.610. The highest BCUT2D eigenvalue weighted by molar-refractivity contribution is 5.66. The first kappa shape index (κ1) is 13.4. The second-order valence-corrected chi connectivity index (χ2v) is 3.79. The number of carbonyl (C=O) groups is 1. The fourth-order valence-corrected chi connectivity index (χ4v) is 1.34. The molecule has 0 aromatic rings. The molecule has 4 heteroatoms. The van der Waals surface area contributed by atoms with Crippen molar-refractivity contribution in [2.24, 2.45) is 0 Å². The molecule has 0 amide bonds. The van der Waals surface area contributed by atoms with Gasteiger partial charge in [-0.15, -0.1) is 0 Å². The van der Waals surface area contributed by atoms with E-state index in [1.807, 2.05) is 6.92 Å². The van der Waals surface area contributed by atoms with E-state index in [2.05, 4.69) is 5.32 Å². The quantitative estimate of drug-likeness (QED) is 0.514. The summed E-state index contributed by atoms with van der Waals surface area (Å²) in [5.74, 6) is -0.734. The Kier molecular flexibility index (Phi) is 7.42. The Bertz CT molecular complexity index is 159. The molecule has 14 heavy (non-hydrogen) atoms. The summed E-state index contributed by atoms with van der Waals surface area (Å²) in [5, 5.41) is 20.7. The van der Waals surface area contributed by atoms with Gasteiger partial charge in [-0.25, -0.2) is 0 Å². The third-order valence-corrected chi connectivity index (χ3v) is 2.00. The fraction of sp³-hybridized carbons (Fsp3) is 0.900. The van der Waals surface area contributed by atoms with Gasteiger partial charge in [0.15, 0.2) is 0 Å². The van der Waals surface area contributed by atoms with Gasteiger partial charge in [0, 0.05) is 12.5 Å². The van der Waals surface area contributed by atoms with Crippen LogP contribution in [0.3, 0.4) is 0 Å². The Morgan fingerprint density at radius 1 is 1.36 bits per heavy atom. The number of rotatable bonds is 8. The van der Waals surface area contributed by atoms with Crippen LogP contribution < -0.4 is 5.32 Å². The lowest BCUT2D eigenvalue weighted by Gasteiger charge is -2.14. The summed E-state index contributed by atoms with van der Waals surface area (Å²) in [4.78, 5) is 10.2. The number of aliphatic hydroxyl groups excluding tert-OH is 1. The Balaban J connectivity index is 3.23. The Morgan fingerprint density at radius 2 is 2.00 bits per heavy atom. The average molecular weight is 203 g/mol. The van der Waals surface area contributed by atoms with Crippen LogP contribution in [-0.2, 0) is 4.79 Å². The molecule has 0 saturated heterocycles. The first-order chi connectivity index (χ1) is 6.52. The van der Waals surface area contributed by atoms with E-state index >= 15 is 0 Å². The number of carboxylic acids is 1. The van der Waals surface area contributed by atoms with Crippen LogP contribution in [0.25, 0.3) is 0 Å². The van der Waals surface area contributed by atoms with Crippen LogP contribution >= 0.6 is 0 Å². The molecule has 2 unspecified atom stereocenters. The fourth-order valence-electron chi connectivity index (χ4n) is 1.34. The predicted molar refractivity (Wildman–Crippen MR) is 55.2 cm³/mol. The van der Waals surface area contributed by atoms with Gasteiger partial charge in [-0.1, -0.05) is 0 Å². The number of unbranched alkanes of at least 4 members (excludes halogenated alkanes) is 1. The second-order valence-electron chi connectivity index (χ2n) is 3.79. The average Bonchev–Trinajstić information content (AvgIpc) is 2.01. The predicted octanol–water partition coefficient (Wildman–Crippen LogP) is 0.990. The van der Waals surface area contributed by atoms with Gasteiger partial charge in [0.2, 0.25) is 0 Å². The standard InChI is InChI=1S/C10H21NO3/c1-8(7-9(2)12)11-6-4-3-5-10(13)14/h8-9,11-12H,3-7H2,1-2H3,(H,13,14). The van der Waals surface area contributed by atoms with Crippen molar-refractivity contribution < 1.29 is 15.0 Å². The molecule has 3 N–H and O–H groups in total. The summed E-state index contributed by atoms with van der Waals surface area (Å²) in [7, 11) is 0. The van der Waals surface area contributed by atoms with E-state index in [0.29, 0.717) is 12.5 Å². The van der Waals surface area contributed by atoms with E-state index < -0.39 is 5.97 Å². The summed E-state index contributed by atoms with van der Waals surface area (Å²) in [5.41, 5.74) is 0. The van der Waals surface area contributed by atoms with E-state index in [1.165, 1.54) is 0 Å². The number of carboxylic acid groups (broad SMARTS) is 1. The summed E-state index contributed by atoms with van der Waals surface area (Å²) < 4.78 is 0. The van der Waals surface area contributed by atoms with E-state index in [9.17, 15) is 4.79 Å². The number of hydrogen-bond acceptors (Lipinski definition) is 3. The van der Waals surface area contributed by atoms with Crippen molar-refractivity contribution in [3.8, 4) is 0 Å². The minimum Gasteiger partial charge on any atom is -0.481 e. The van der Waals surface area contributed by atoms with E-state index in [1.54, 1.807) is 6.92 Å². The molecule has 4 nitrogen and oxygen atoms in total. The third kappa shape index (κ3) is 9.48. The highest BCUT2D eigenvalue weighted by Crippen LogP contribution is 1.98. The van der Waals surface area contributed by atoms with Crippen molar-refractivity contribution in [3.63, 3.8) is 0 Å². The van der Waals surface area contributed by atoms with Crippen molar-refractivity contribution in [1.29, 1.82) is 0 Å². The third-order valence-electron chi connectivity index (χ3n) is 2.00. The van der Waals surface area contributed by atoms with Crippen molar-refractivity contribution in [2.75, 3.05) is 6.54 Å². The normalized spacial score (nSPS) is 15.1. The van der Waals surface area contributed by atoms with Crippen LogP contribution in [0, 0.1) is 0 Å². The Labute approximate surface area is 85.3 Å². The molecule has 0 bridgehead atoms. The van der Waals surface area contributed by atoms with Gasteiger partial charge < -0.3 is 15.5 Å². The van der Waals surface area contributed by atoms with Crippen molar-refractivity contribution in [3.05, 3.63) is 0 Å². The molecule has 0 aromatic heterocycles. The highest BCUT2D eigenvalue weighted by Gasteiger charge is 2.04. The molecule has 0 rings (SSSR count). The molecule has 0 aromatic carbocycles. The van der Waals surface area contributed by atoms with Gasteiger partial charge in [-0.05, 0) is 39.7 Å². The Morgan fingerprint density at radius 3 is 2.50 bits per heavy atom. The smallest absolute Gasteiger partial charge is 0.303 e. The summed E-state index contributed by atoms with van der Waals surface area (Å²) in [6.45, 7) is 4.60. The molecule has 0 fully saturated rings. The molecular formula is C10H21NO3. The van der Waals surface area contributed by atoms with Gasteiger partial charge in [0.1, 0.15) is 0 Å². The van der Waals surface area contributed by atoms with Crippen LogP contribution in [0.5, 0.6) is 0 Å². The van der Waals surface area contributed by atoms with Crippen LogP contribution in [0.4, 0.5) is 0 Å². The van der Waals surface area contributed by atoms with Gasteiger partial charge in [0.05, 0.1) is 6.10 Å². The van der Waals surface area contributed by atoms with Crippen LogP contribution in [0.15, 0.2) is 0 Å². The summed E-state index contributed by atoms with van der Waals surface area (Å²) >= 11 is 0. The molecule has 2 atom stereocenters. The first-order valence-electron chi connectivity index (χ1n) is 5.15. The van der Waals surface area contributed by atoms with Crippen molar-refractivity contribution in [1.82, 2.24) is 5.32 Å². The maximum Gasteiger partial charge on any atom is 0.303 e. The molecular weight excluding hydrogens is 182 g/mol. The van der Waals surface area contributed by atoms with Gasteiger partial charge in [-0.2, -0.15) is 0 Å². The van der Waals surface area contributed by atoms with Crippen LogP contribution in [-0.4, -0.2) is 34.9 Å². The number of nitrogens with one attached hydrogen (secondary N) is 1. The maximum atomic E-state index is 10.2. The number of aliphatic hydroxyl groups is 1. The van der Waals surface area contributed by atoms with Crippen molar-refractivity contribution >= 4 is 5.97 Å². The SMILES string of the molecule is CC(O)CC(C)NCCCCC(=O)O. The van der Waals surface area contributed by atoms with Crippen LogP contribution in [0.2, 0.25) is 0 Å². The number of aliphatic carboxylic acids is 1. The highest BCUT2D eigenvalue weighted by atomic mass is 16.4. The lowest BCUT2D eigenvalue weighted by molar-refractivity contribution is -0.137. The van der Waals surface area contributed by atoms with Gasteiger partial charge in [0.25, 0.3) is 0 Å². The van der Waals surface area contributed by atoms with Crippen molar-refractivity contribution in [2.45, 2.75) is 51.7 Å². The first-order valence-corrected chi connectivity index (χ1v) is 5.15. The van der Waals surface area contributed by atoms with Crippen LogP contribution in [0.1, 0.15) is 39.5 Å². The molecule has 84 valence electrons. The minimum absolute atomic E-state index is 0.243. The zero-order valence-electron chi connectivity index (χ0n) is 8.99. The lowest BCUT2D eigenvalue weighted by Crippen LogP contribution is -2.30. The maximum absolute atomic E-state index is 10.2. The van der Waals surface area contributed by atoms with E-state index in [4.69, 9.17) is 10.2 Å². The van der Waals surface area contributed by atoms with Gasteiger partial charge >= 0.3 is 5.97 Å². The molecule has 0 aliphatic heterocycles. The van der Waals surface area contributed by atoms with E-state index in [-0.39, 0.29) is 12.5 Å². The second kappa shape index (κ2) is 7.76. The van der Waals surface area contributed by atoms with E-state index in [0.717, 1.165) is 19.4 Å². The lowest BCUT2D eigenvalue weighted by atomic mass is 10.1. The molecule has 0 aliphatic rings. The molecule has 0 radical (unpaired) electrons. The monoisotopic (exact) mass is 203 g/mol. The molecule has 0 heterocycles. The molecule has 0 saturated carbocycles. The minimum atomic E-state index is -0.734. The van der Waals surface area contributed by atoms with Gasteiger partial charge in [-0.3, -0.25) is 4.79 Å². The number of hydrogen-bond donors (Lipinski definition) is 3.